The molecule has 0 radical (unpaired) electrons. The highest BCUT2D eigenvalue weighted by Gasteiger charge is 1.99. The van der Waals surface area contributed by atoms with Crippen LogP contribution in [-0.4, -0.2) is 50.6 Å². The van der Waals surface area contributed by atoms with Gasteiger partial charge in [0, 0.05) is 13.1 Å². The van der Waals surface area contributed by atoms with Crippen molar-refractivity contribution in [2.24, 2.45) is 0 Å². The molecule has 0 bridgehead atoms. The topological polar surface area (TPSA) is 15.7 Å². The molecule has 1 rings (SSSR count). The number of ether oxygens (including phenoxy) is 1. The van der Waals surface area contributed by atoms with Gasteiger partial charge in [-0.15, -0.1) is 0 Å². The van der Waals surface area contributed by atoms with Crippen LogP contribution in [-0.2, 0) is 6.54 Å². The molecule has 1 aromatic carbocycles. The van der Waals surface area contributed by atoms with E-state index in [4.69, 9.17) is 4.74 Å². The molecule has 0 amide bonds. The van der Waals surface area contributed by atoms with Crippen LogP contribution >= 0.6 is 0 Å². The molecular formula is C14H24N2O. The van der Waals surface area contributed by atoms with Crippen molar-refractivity contribution in [2.75, 3.05) is 40.8 Å². The molecule has 0 unspecified atom stereocenters. The van der Waals surface area contributed by atoms with Gasteiger partial charge >= 0.3 is 0 Å². The molecule has 0 fully saturated rings. The van der Waals surface area contributed by atoms with E-state index in [1.165, 1.54) is 5.56 Å². The highest BCUT2D eigenvalue weighted by atomic mass is 16.5. The lowest BCUT2D eigenvalue weighted by atomic mass is 10.2. The standard InChI is InChI=1S/C14H24N2O/c1-5-16(4)12-13-6-8-14(9-7-13)17-11-10-15(2)3/h6-9H,5,10-12H2,1-4H3. The molecule has 0 aliphatic heterocycles. The normalized spacial score (nSPS) is 11.2. The summed E-state index contributed by atoms with van der Waals surface area (Å²) in [5.74, 6) is 0.953. The van der Waals surface area contributed by atoms with Crippen LogP contribution in [0.2, 0.25) is 0 Å². The second kappa shape index (κ2) is 7.30. The molecule has 3 heteroatoms. The Balaban J connectivity index is 2.39. The number of hydrogen-bond donors (Lipinski definition) is 0. The van der Waals surface area contributed by atoms with E-state index in [9.17, 15) is 0 Å². The minimum absolute atomic E-state index is 0.737. The molecule has 0 saturated heterocycles. The first kappa shape index (κ1) is 14.0. The van der Waals surface area contributed by atoms with Crippen molar-refractivity contribution >= 4 is 0 Å². The molecule has 96 valence electrons. The van der Waals surface area contributed by atoms with Crippen LogP contribution in [0.5, 0.6) is 5.75 Å². The number of likely N-dealkylation sites (N-methyl/N-ethyl adjacent to an activating group) is 1. The number of rotatable bonds is 7. The summed E-state index contributed by atoms with van der Waals surface area (Å²) in [5.41, 5.74) is 1.33. The number of hydrogen-bond acceptors (Lipinski definition) is 3. The third-order valence-corrected chi connectivity index (χ3v) is 2.72. The maximum atomic E-state index is 5.65. The summed E-state index contributed by atoms with van der Waals surface area (Å²) < 4.78 is 5.65. The monoisotopic (exact) mass is 236 g/mol. The van der Waals surface area contributed by atoms with Gasteiger partial charge in [-0.25, -0.2) is 0 Å². The molecule has 0 spiro atoms. The smallest absolute Gasteiger partial charge is 0.119 e. The Bertz CT molecular complexity index is 309. The largest absolute Gasteiger partial charge is 0.492 e. The summed E-state index contributed by atoms with van der Waals surface area (Å²) in [6.45, 7) is 5.91. The van der Waals surface area contributed by atoms with Crippen molar-refractivity contribution in [1.29, 1.82) is 0 Å². The molecule has 0 aliphatic carbocycles. The van der Waals surface area contributed by atoms with Gasteiger partial charge in [0.1, 0.15) is 12.4 Å². The third-order valence-electron chi connectivity index (χ3n) is 2.72. The summed E-state index contributed by atoms with van der Waals surface area (Å²) in [7, 11) is 6.22. The molecular weight excluding hydrogens is 212 g/mol. The lowest BCUT2D eigenvalue weighted by molar-refractivity contribution is 0.261. The van der Waals surface area contributed by atoms with E-state index >= 15 is 0 Å². The van der Waals surface area contributed by atoms with Gasteiger partial charge in [-0.1, -0.05) is 19.1 Å². The second-order valence-electron chi connectivity index (χ2n) is 4.63. The first-order valence-electron chi connectivity index (χ1n) is 6.17. The Labute approximate surface area is 105 Å². The van der Waals surface area contributed by atoms with Crippen LogP contribution in [0.4, 0.5) is 0 Å². The fourth-order valence-corrected chi connectivity index (χ4v) is 1.46. The van der Waals surface area contributed by atoms with Gasteiger partial charge in [0.15, 0.2) is 0 Å². The van der Waals surface area contributed by atoms with Gasteiger partial charge in [-0.05, 0) is 45.4 Å². The van der Waals surface area contributed by atoms with Gasteiger partial charge in [0.25, 0.3) is 0 Å². The van der Waals surface area contributed by atoms with Crippen LogP contribution in [0, 0.1) is 0 Å². The minimum Gasteiger partial charge on any atom is -0.492 e. The molecule has 0 saturated carbocycles. The quantitative estimate of drug-likeness (QED) is 0.721. The maximum Gasteiger partial charge on any atom is 0.119 e. The Morgan fingerprint density at radius 2 is 1.71 bits per heavy atom. The lowest BCUT2D eigenvalue weighted by Crippen LogP contribution is -2.19. The van der Waals surface area contributed by atoms with Crippen molar-refractivity contribution in [2.45, 2.75) is 13.5 Å². The molecule has 0 heterocycles. The SMILES string of the molecule is CCN(C)Cc1ccc(OCCN(C)C)cc1. The van der Waals surface area contributed by atoms with E-state index in [0.717, 1.165) is 32.0 Å². The summed E-state index contributed by atoms with van der Waals surface area (Å²) >= 11 is 0. The van der Waals surface area contributed by atoms with Crippen LogP contribution in [0.3, 0.4) is 0 Å². The van der Waals surface area contributed by atoms with Gasteiger partial charge < -0.3 is 14.5 Å². The van der Waals surface area contributed by atoms with Crippen LogP contribution in [0.1, 0.15) is 12.5 Å². The minimum atomic E-state index is 0.737. The van der Waals surface area contributed by atoms with Gasteiger partial charge in [-0.2, -0.15) is 0 Å². The number of nitrogens with zero attached hydrogens (tertiary/aromatic N) is 2. The lowest BCUT2D eigenvalue weighted by Gasteiger charge is -2.14. The first-order chi connectivity index (χ1) is 8.11. The molecule has 17 heavy (non-hydrogen) atoms. The average Bonchev–Trinajstić information content (AvgIpc) is 2.31. The summed E-state index contributed by atoms with van der Waals surface area (Å²) in [6, 6.07) is 8.37. The Morgan fingerprint density at radius 3 is 2.24 bits per heavy atom. The van der Waals surface area contributed by atoms with E-state index in [2.05, 4.69) is 48.0 Å². The Hall–Kier alpha value is -1.06. The van der Waals surface area contributed by atoms with Crippen molar-refractivity contribution in [3.8, 4) is 5.75 Å². The van der Waals surface area contributed by atoms with Gasteiger partial charge in [0.05, 0.1) is 0 Å². The predicted octanol–water partition coefficient (Wildman–Crippen LogP) is 2.08. The maximum absolute atomic E-state index is 5.65. The molecule has 3 nitrogen and oxygen atoms in total. The molecule has 0 aliphatic rings. The van der Waals surface area contributed by atoms with Crippen molar-refractivity contribution in [3.05, 3.63) is 29.8 Å². The zero-order valence-corrected chi connectivity index (χ0v) is 11.4. The third kappa shape index (κ3) is 5.71. The number of benzene rings is 1. The van der Waals surface area contributed by atoms with E-state index in [1.807, 2.05) is 14.1 Å². The fourth-order valence-electron chi connectivity index (χ4n) is 1.46. The molecule has 0 N–H and O–H groups in total. The zero-order chi connectivity index (χ0) is 12.7. The fraction of sp³-hybridized carbons (Fsp3) is 0.571. The molecule has 0 atom stereocenters. The predicted molar refractivity (Wildman–Crippen MR) is 72.5 cm³/mol. The first-order valence-corrected chi connectivity index (χ1v) is 6.17. The van der Waals surface area contributed by atoms with E-state index < -0.39 is 0 Å². The molecule has 0 aromatic heterocycles. The average molecular weight is 236 g/mol. The van der Waals surface area contributed by atoms with Gasteiger partial charge in [0.2, 0.25) is 0 Å². The van der Waals surface area contributed by atoms with Crippen molar-refractivity contribution in [1.82, 2.24) is 9.80 Å². The van der Waals surface area contributed by atoms with Crippen LogP contribution < -0.4 is 4.74 Å². The van der Waals surface area contributed by atoms with E-state index in [0.29, 0.717) is 0 Å². The highest BCUT2D eigenvalue weighted by Crippen LogP contribution is 2.13. The Kier molecular flexibility index (Phi) is 6.01. The summed E-state index contributed by atoms with van der Waals surface area (Å²) in [4.78, 5) is 4.40. The summed E-state index contributed by atoms with van der Waals surface area (Å²) in [6.07, 6.45) is 0. The van der Waals surface area contributed by atoms with Gasteiger partial charge in [-0.3, -0.25) is 0 Å². The highest BCUT2D eigenvalue weighted by molar-refractivity contribution is 5.27. The zero-order valence-electron chi connectivity index (χ0n) is 11.4. The Morgan fingerprint density at radius 1 is 1.06 bits per heavy atom. The second-order valence-corrected chi connectivity index (χ2v) is 4.63. The van der Waals surface area contributed by atoms with E-state index in [-0.39, 0.29) is 0 Å². The summed E-state index contributed by atoms with van der Waals surface area (Å²) in [5, 5.41) is 0. The van der Waals surface area contributed by atoms with Crippen LogP contribution in [0.15, 0.2) is 24.3 Å². The van der Waals surface area contributed by atoms with Crippen molar-refractivity contribution in [3.63, 3.8) is 0 Å². The van der Waals surface area contributed by atoms with Crippen LogP contribution in [0.25, 0.3) is 0 Å². The van der Waals surface area contributed by atoms with E-state index in [1.54, 1.807) is 0 Å². The van der Waals surface area contributed by atoms with Crippen molar-refractivity contribution < 1.29 is 4.74 Å². The molecule has 1 aromatic rings.